The first kappa shape index (κ1) is 21.9. The zero-order valence-electron chi connectivity index (χ0n) is 16.7. The quantitative estimate of drug-likeness (QED) is 0.367. The maximum Gasteiger partial charge on any atom is 0.184 e. The highest BCUT2D eigenvalue weighted by molar-refractivity contribution is 14.1. The number of halogens is 1. The molecule has 0 aliphatic carbocycles. The number of aliphatic hydroxyl groups is 2. The lowest BCUT2D eigenvalue weighted by molar-refractivity contribution is -0.157. The summed E-state index contributed by atoms with van der Waals surface area (Å²) in [5, 5.41) is 24.6. The first-order valence-electron chi connectivity index (χ1n) is 9.54. The lowest BCUT2D eigenvalue weighted by atomic mass is 10.2. The normalized spacial score (nSPS) is 27.0. The van der Waals surface area contributed by atoms with Crippen molar-refractivity contribution >= 4 is 41.0 Å². The van der Waals surface area contributed by atoms with Crippen LogP contribution in [0.4, 0.5) is 0 Å². The van der Waals surface area contributed by atoms with Crippen LogP contribution >= 0.6 is 22.6 Å². The second kappa shape index (κ2) is 8.53. The number of rotatable bonds is 5. The van der Waals surface area contributed by atoms with E-state index < -0.39 is 32.3 Å². The third kappa shape index (κ3) is 3.59. The highest BCUT2D eigenvalue weighted by atomic mass is 127. The van der Waals surface area contributed by atoms with Crippen LogP contribution < -0.4 is 10.4 Å². The van der Waals surface area contributed by atoms with Gasteiger partial charge in [-0.25, -0.2) is 0 Å². The summed E-state index contributed by atoms with van der Waals surface area (Å²) in [7, 11) is -1.25. The van der Waals surface area contributed by atoms with Crippen molar-refractivity contribution in [2.75, 3.05) is 7.11 Å². The van der Waals surface area contributed by atoms with Crippen LogP contribution in [0.1, 0.15) is 20.8 Å². The molecule has 5 atom stereocenters. The van der Waals surface area contributed by atoms with E-state index in [-0.39, 0.29) is 8.96 Å². The monoisotopic (exact) mass is 512 g/mol. The van der Waals surface area contributed by atoms with E-state index in [1.807, 2.05) is 36.4 Å². The van der Waals surface area contributed by atoms with E-state index in [1.54, 1.807) is 0 Å². The van der Waals surface area contributed by atoms with Gasteiger partial charge in [0.15, 0.2) is 14.4 Å². The molecular formula is C22H29IO4Si. The molecule has 1 fully saturated rings. The summed E-state index contributed by atoms with van der Waals surface area (Å²) in [4.78, 5) is 0. The van der Waals surface area contributed by atoms with Crippen LogP contribution in [-0.2, 0) is 9.47 Å². The largest absolute Gasteiger partial charge is 0.393 e. The van der Waals surface area contributed by atoms with Crippen LogP contribution in [0.15, 0.2) is 60.7 Å². The van der Waals surface area contributed by atoms with E-state index in [4.69, 9.17) is 9.47 Å². The van der Waals surface area contributed by atoms with Crippen molar-refractivity contribution in [3.8, 4) is 0 Å². The second-order valence-electron chi connectivity index (χ2n) is 8.37. The molecular weight excluding hydrogens is 483 g/mol. The number of hydrogen-bond donors (Lipinski definition) is 2. The zero-order chi connectivity index (χ0) is 20.5. The van der Waals surface area contributed by atoms with Gasteiger partial charge in [0.05, 0.1) is 15.8 Å². The summed E-state index contributed by atoms with van der Waals surface area (Å²) in [6, 6.07) is 20.6. The molecule has 6 heteroatoms. The first-order valence-corrected chi connectivity index (χ1v) is 12.9. The minimum atomic E-state index is -2.77. The molecule has 1 saturated heterocycles. The Morgan fingerprint density at radius 3 is 1.82 bits per heavy atom. The number of ether oxygens (including phenoxy) is 2. The predicted octanol–water partition coefficient (Wildman–Crippen LogP) is 2.49. The average molecular weight is 512 g/mol. The molecule has 0 bridgehead atoms. The van der Waals surface area contributed by atoms with Crippen LogP contribution in [0.5, 0.6) is 0 Å². The number of methoxy groups -OCH3 is 1. The summed E-state index contributed by atoms with van der Waals surface area (Å²) in [6.45, 7) is 6.59. The van der Waals surface area contributed by atoms with Crippen molar-refractivity contribution < 1.29 is 19.7 Å². The number of alkyl halides is 1. The first-order chi connectivity index (χ1) is 13.2. The van der Waals surface area contributed by atoms with Crippen molar-refractivity contribution in [3.05, 3.63) is 60.7 Å². The van der Waals surface area contributed by atoms with E-state index in [0.29, 0.717) is 0 Å². The SMILES string of the molecule is CO[C@H]1O[C@H](C(O)[Si](c2ccccc2)(c2ccccc2)C(C)(C)C)[C@@H](I)[C@H]1O. The maximum atomic E-state index is 12.0. The van der Waals surface area contributed by atoms with E-state index >= 15 is 0 Å². The van der Waals surface area contributed by atoms with Crippen molar-refractivity contribution in [2.45, 2.75) is 54.0 Å². The van der Waals surface area contributed by atoms with Gasteiger partial charge in [-0.3, -0.25) is 0 Å². The molecule has 1 unspecified atom stereocenters. The smallest absolute Gasteiger partial charge is 0.184 e. The minimum Gasteiger partial charge on any atom is -0.393 e. The lowest BCUT2D eigenvalue weighted by Gasteiger charge is -2.48. The molecule has 0 amide bonds. The molecule has 0 saturated carbocycles. The highest BCUT2D eigenvalue weighted by Gasteiger charge is 2.59. The number of aliphatic hydroxyl groups excluding tert-OH is 2. The van der Waals surface area contributed by atoms with Crippen molar-refractivity contribution in [2.24, 2.45) is 0 Å². The molecule has 28 heavy (non-hydrogen) atoms. The molecule has 0 radical (unpaired) electrons. The highest BCUT2D eigenvalue weighted by Crippen LogP contribution is 2.42. The van der Waals surface area contributed by atoms with Crippen molar-refractivity contribution in [3.63, 3.8) is 0 Å². The van der Waals surface area contributed by atoms with E-state index in [1.165, 1.54) is 7.11 Å². The summed E-state index contributed by atoms with van der Waals surface area (Å²) >= 11 is 2.19. The number of benzene rings is 2. The molecule has 2 N–H and O–H groups in total. The van der Waals surface area contributed by atoms with Crippen LogP contribution in [-0.4, -0.2) is 53.5 Å². The molecule has 152 valence electrons. The number of hydrogen-bond acceptors (Lipinski definition) is 4. The van der Waals surface area contributed by atoms with Gasteiger partial charge in [-0.15, -0.1) is 0 Å². The van der Waals surface area contributed by atoms with Gasteiger partial charge in [0.25, 0.3) is 0 Å². The van der Waals surface area contributed by atoms with Crippen molar-refractivity contribution in [1.82, 2.24) is 0 Å². The summed E-state index contributed by atoms with van der Waals surface area (Å²) in [5.74, 6) is 0. The molecule has 2 aromatic rings. The van der Waals surface area contributed by atoms with Gasteiger partial charge in [-0.2, -0.15) is 0 Å². The average Bonchev–Trinajstić information content (AvgIpc) is 2.97. The van der Waals surface area contributed by atoms with Gasteiger partial charge in [-0.1, -0.05) is 114 Å². The fourth-order valence-corrected chi connectivity index (χ4v) is 11.7. The van der Waals surface area contributed by atoms with E-state index in [9.17, 15) is 10.2 Å². The van der Waals surface area contributed by atoms with Crippen LogP contribution in [0, 0.1) is 0 Å². The molecule has 4 nitrogen and oxygen atoms in total. The van der Waals surface area contributed by atoms with Gasteiger partial charge in [-0.05, 0) is 5.04 Å². The second-order valence-corrected chi connectivity index (χ2v) is 14.7. The molecule has 2 aromatic carbocycles. The Kier molecular flexibility index (Phi) is 6.68. The van der Waals surface area contributed by atoms with Crippen LogP contribution in [0.2, 0.25) is 5.04 Å². The van der Waals surface area contributed by atoms with E-state index in [0.717, 1.165) is 10.4 Å². The Morgan fingerprint density at radius 2 is 1.46 bits per heavy atom. The standard InChI is InChI=1S/C22H29IO4Si/c1-22(2,3)28(15-11-7-5-8-12-15,16-13-9-6-10-14-16)20(25)19-17(23)18(24)21(26-4)27-19/h5-14,17-21,24-25H,1-4H3/t17-,18+,19-,20?,21-/m0/s1. The van der Waals surface area contributed by atoms with Gasteiger partial charge < -0.3 is 19.7 Å². The minimum absolute atomic E-state index is 0.203. The molecule has 1 aliphatic heterocycles. The van der Waals surface area contributed by atoms with Gasteiger partial charge >= 0.3 is 0 Å². The third-order valence-corrected chi connectivity index (χ3v) is 13.4. The summed E-state index contributed by atoms with van der Waals surface area (Å²) in [5.41, 5.74) is -0.756. The fourth-order valence-electron chi connectivity index (χ4n) is 4.56. The zero-order valence-corrected chi connectivity index (χ0v) is 19.9. The van der Waals surface area contributed by atoms with Gasteiger partial charge in [0.1, 0.15) is 6.10 Å². The molecule has 3 rings (SSSR count). The summed E-state index contributed by atoms with van der Waals surface area (Å²) < 4.78 is 11.1. The predicted molar refractivity (Wildman–Crippen MR) is 123 cm³/mol. The lowest BCUT2D eigenvalue weighted by Crippen LogP contribution is -2.74. The Bertz CT molecular complexity index is 726. The van der Waals surface area contributed by atoms with Crippen LogP contribution in [0.3, 0.4) is 0 Å². The van der Waals surface area contributed by atoms with Gasteiger partial charge in [0, 0.05) is 7.11 Å². The Balaban J connectivity index is 2.22. The Hall–Kier alpha value is -0.773. The van der Waals surface area contributed by atoms with Crippen LogP contribution in [0.25, 0.3) is 0 Å². The van der Waals surface area contributed by atoms with Gasteiger partial charge in [0.2, 0.25) is 0 Å². The fraction of sp³-hybridized carbons (Fsp3) is 0.455. The van der Waals surface area contributed by atoms with E-state index in [2.05, 4.69) is 67.6 Å². The topological polar surface area (TPSA) is 58.9 Å². The molecule has 1 heterocycles. The summed E-state index contributed by atoms with van der Waals surface area (Å²) in [6.07, 6.45) is -2.02. The van der Waals surface area contributed by atoms with Crippen molar-refractivity contribution in [1.29, 1.82) is 0 Å². The Labute approximate surface area is 182 Å². The molecule has 0 spiro atoms. The maximum absolute atomic E-state index is 12.0. The Morgan fingerprint density at radius 1 is 1.00 bits per heavy atom. The molecule has 0 aromatic heterocycles. The third-order valence-electron chi connectivity index (χ3n) is 5.84. The molecule has 1 aliphatic rings.